The number of carboxylic acid groups (broad SMARTS) is 5. The molecule has 0 radical (unpaired) electrons. The molecular weight excluding hydrogens is 1110 g/mol. The van der Waals surface area contributed by atoms with E-state index >= 15 is 0 Å². The molecule has 0 aromatic carbocycles. The number of ether oxygens (including phenoxy) is 1. The molecule has 8 bridgehead atoms. The van der Waals surface area contributed by atoms with Gasteiger partial charge in [0.25, 0.3) is 0 Å². The molecule has 26 nitrogen and oxygen atoms in total. The Morgan fingerprint density at radius 1 is 0.732 bits per heavy atom. The summed E-state index contributed by atoms with van der Waals surface area (Å²) in [5, 5.41) is 86.1. The summed E-state index contributed by atoms with van der Waals surface area (Å²) in [6, 6.07) is -1.18. The van der Waals surface area contributed by atoms with E-state index in [1.807, 2.05) is 13.8 Å². The minimum atomic E-state index is -1.62. The number of fused-ring (bicyclic) bond motifs is 7. The number of rotatable bonds is 19. The standard InChI is InChI=1S/C45H62N6O12.C10H12N5O3.Co/c1-21-36-24(10-13-32(56)57)41(3,4)28(49-36)18-27-23(9-12-31(54)55)43(6,19-29(46)52)39(48-27)22(2)37-25(11-14-33(58)59)44(7,20-30(47)53)45(8,51-37)40-26(17-35(62)63)42(5,38(21)50-40)16-15-34(60)61;1-4-6(16)7(17)10(18-4)15-3-14-5-8(11)12-2-13-9(5)15;/h18,23-26,40H,9-17,19-20H2,1-8H3,(H10,46,47,48,49,50,51,52,53,54,55,56,57,58,59,60,61,62,63);2-4,6-7,10,16-17H,1H2,(H2,11,12,13);/q;-1;+3/p-6/t23-,24-,25-,26+,40-,42-,43+,44+,45+;4-,6-,7-,10-;/m11./s1. The van der Waals surface area contributed by atoms with Crippen LogP contribution in [0.4, 0.5) is 5.82 Å². The minimum absolute atomic E-state index is 0. The Morgan fingerprint density at radius 3 is 1.84 bits per heavy atom. The molecule has 6 aliphatic rings. The van der Waals surface area contributed by atoms with E-state index in [2.05, 4.69) is 21.9 Å². The van der Waals surface area contributed by atoms with Crippen LogP contribution in [0.5, 0.6) is 0 Å². The number of aliphatic imine (C=N–C) groups is 3. The number of amides is 2. The number of imidazole rings is 1. The number of aliphatic hydroxyl groups is 2. The third-order valence-corrected chi connectivity index (χ3v) is 18.2. The molecule has 0 unspecified atom stereocenters. The average Bonchev–Trinajstić information content (AvgIpc) is 2.58. The molecule has 0 aliphatic carbocycles. The van der Waals surface area contributed by atoms with Gasteiger partial charge in [0.2, 0.25) is 11.8 Å². The molecule has 0 spiro atoms. The number of hydrogen-bond donors (Lipinski definition) is 5. The molecule has 8 rings (SSSR count). The van der Waals surface area contributed by atoms with Gasteiger partial charge in [0.15, 0.2) is 17.7 Å². The van der Waals surface area contributed by atoms with Crippen LogP contribution in [0.25, 0.3) is 16.5 Å². The summed E-state index contributed by atoms with van der Waals surface area (Å²) in [6.45, 7) is 17.4. The van der Waals surface area contributed by atoms with Gasteiger partial charge in [-0.15, -0.1) is 0 Å². The quantitative estimate of drug-likeness (QED) is 0.0923. The number of carbonyl (C=O) groups is 7. The zero-order chi connectivity index (χ0) is 60.2. The van der Waals surface area contributed by atoms with Crippen LogP contribution in [0.3, 0.4) is 0 Å². The number of anilines is 1. The molecular formula is C55H68CoN11O15-4. The molecule has 2 aromatic heterocycles. The van der Waals surface area contributed by atoms with E-state index in [0.717, 1.165) is 0 Å². The molecule has 446 valence electrons. The third kappa shape index (κ3) is 11.6. The van der Waals surface area contributed by atoms with Crippen molar-refractivity contribution in [3.63, 3.8) is 0 Å². The number of nitrogens with zero attached hydrogens (tertiary/aromatic N) is 8. The number of nitrogens with two attached hydrogens (primary N) is 3. The first-order valence-electron chi connectivity index (χ1n) is 26.6. The van der Waals surface area contributed by atoms with Crippen LogP contribution in [0.1, 0.15) is 132 Å². The number of nitrogen functional groups attached to an aromatic ring is 1. The first kappa shape index (κ1) is 64.2. The van der Waals surface area contributed by atoms with Gasteiger partial charge >= 0.3 is 16.8 Å². The maximum Gasteiger partial charge on any atom is 3.00 e. The fraction of sp³-hybridized carbons (Fsp3) is 0.600. The van der Waals surface area contributed by atoms with E-state index in [-0.39, 0.29) is 78.2 Å². The summed E-state index contributed by atoms with van der Waals surface area (Å²) >= 11 is 0. The number of hydrogen-bond acceptors (Lipinski definition) is 22. The molecule has 8 N–H and O–H groups in total. The fourth-order valence-corrected chi connectivity index (χ4v) is 13.7. The van der Waals surface area contributed by atoms with Crippen molar-refractivity contribution in [2.24, 2.45) is 71.8 Å². The van der Waals surface area contributed by atoms with E-state index in [0.29, 0.717) is 39.4 Å². The SMILES string of the molecule is C/C1=C2/[N-][C@H]([C@H](CC(=O)[O-])[C@@]2(C)CCC(=O)[O-])[C@]2(C)N=C(/C(C)=C3N=C(/C=C4N=C1[C@@H](CCC(=O)[O-])C\4(C)C)[C@@H](CCC(=O)[O-])[C@]\3(C)CC(N)=O)[C@@H](CCC(=O)[O-])[C@]2(C)CC(N)=O.[CH2-][C@H]1O[C@@H](n2cnc3c(N)ncnc32)[C@H](O)[C@@H]1O.[Co+3]. The number of carbonyl (C=O) groups excluding carboxylic acids is 7. The normalized spacial score (nSPS) is 34.8. The third-order valence-electron chi connectivity index (χ3n) is 18.2. The largest absolute Gasteiger partial charge is 3.00 e. The zero-order valence-corrected chi connectivity index (χ0v) is 47.8. The van der Waals surface area contributed by atoms with Crippen LogP contribution in [0, 0.1) is 52.3 Å². The van der Waals surface area contributed by atoms with E-state index in [1.165, 1.54) is 17.2 Å². The van der Waals surface area contributed by atoms with Gasteiger partial charge in [0.05, 0.1) is 23.7 Å². The predicted molar refractivity (Wildman–Crippen MR) is 279 cm³/mol. The Labute approximate surface area is 483 Å². The van der Waals surface area contributed by atoms with E-state index in [1.54, 1.807) is 47.6 Å². The number of allylic oxidation sites excluding steroid dienone is 6. The van der Waals surface area contributed by atoms with Crippen LogP contribution >= 0.6 is 0 Å². The summed E-state index contributed by atoms with van der Waals surface area (Å²) in [7, 11) is 0. The van der Waals surface area contributed by atoms with Crippen molar-refractivity contribution in [1.29, 1.82) is 0 Å². The minimum Gasteiger partial charge on any atom is -0.682 e. The summed E-state index contributed by atoms with van der Waals surface area (Å²) < 4.78 is 6.90. The second-order valence-electron chi connectivity index (χ2n) is 23.6. The zero-order valence-electron chi connectivity index (χ0n) is 46.8. The smallest absolute Gasteiger partial charge is 0.682 e. The topological polar surface area (TPSA) is 457 Å². The van der Waals surface area contributed by atoms with Crippen molar-refractivity contribution in [3.05, 3.63) is 59.2 Å². The molecule has 2 saturated heterocycles. The van der Waals surface area contributed by atoms with Gasteiger partial charge in [-0.3, -0.25) is 29.1 Å². The van der Waals surface area contributed by atoms with E-state index < -0.39 is 155 Å². The Morgan fingerprint density at radius 2 is 1.30 bits per heavy atom. The number of aromatic nitrogens is 4. The first-order chi connectivity index (χ1) is 37.6. The summed E-state index contributed by atoms with van der Waals surface area (Å²) in [6.07, 6.45) is -2.86. The molecule has 0 saturated carbocycles. The summed E-state index contributed by atoms with van der Waals surface area (Å²) in [4.78, 5) is 115. The molecule has 2 fully saturated rings. The van der Waals surface area contributed by atoms with Crippen LogP contribution < -0.4 is 42.7 Å². The summed E-state index contributed by atoms with van der Waals surface area (Å²) in [5.41, 5.74) is 14.4. The van der Waals surface area contributed by atoms with Crippen LogP contribution in [-0.2, 0) is 55.1 Å². The van der Waals surface area contributed by atoms with Crippen molar-refractivity contribution in [3.8, 4) is 0 Å². The van der Waals surface area contributed by atoms with Gasteiger partial charge in [-0.25, -0.2) is 15.0 Å². The summed E-state index contributed by atoms with van der Waals surface area (Å²) in [5.74, 6) is -11.8. The second kappa shape index (κ2) is 23.7. The van der Waals surface area contributed by atoms with Crippen molar-refractivity contribution < 1.29 is 90.8 Å². The number of aliphatic carboxylic acids is 5. The number of carboxylic acids is 5. The Kier molecular flexibility index (Phi) is 18.6. The van der Waals surface area contributed by atoms with Crippen molar-refractivity contribution in [2.45, 2.75) is 162 Å². The van der Waals surface area contributed by atoms with E-state index in [9.17, 15) is 69.3 Å². The second-order valence-corrected chi connectivity index (χ2v) is 23.6. The average molecular weight is 1180 g/mol. The molecule has 13 atom stereocenters. The predicted octanol–water partition coefficient (Wildman–Crippen LogP) is -2.31. The van der Waals surface area contributed by atoms with Crippen molar-refractivity contribution >= 4 is 75.8 Å². The number of aliphatic hydroxyl groups excluding tert-OH is 2. The molecule has 6 aliphatic heterocycles. The molecule has 2 aromatic rings. The maximum atomic E-state index is 13.3. The van der Waals surface area contributed by atoms with Crippen LogP contribution in [-0.4, -0.2) is 118 Å². The van der Waals surface area contributed by atoms with E-state index in [4.69, 9.17) is 42.2 Å². The van der Waals surface area contributed by atoms with Gasteiger partial charge in [0, 0.05) is 99.5 Å². The van der Waals surface area contributed by atoms with Crippen LogP contribution in [0.2, 0.25) is 0 Å². The van der Waals surface area contributed by atoms with Gasteiger partial charge in [0.1, 0.15) is 17.9 Å². The van der Waals surface area contributed by atoms with Gasteiger partial charge in [-0.2, -0.15) is 5.70 Å². The van der Waals surface area contributed by atoms with Gasteiger partial charge in [-0.05, 0) is 113 Å². The Bertz CT molecular complexity index is 3150. The molecule has 82 heavy (non-hydrogen) atoms. The number of primary amides is 2. The van der Waals surface area contributed by atoms with Crippen molar-refractivity contribution in [1.82, 2.24) is 19.5 Å². The fourth-order valence-electron chi connectivity index (χ4n) is 13.7. The van der Waals surface area contributed by atoms with Gasteiger partial charge < -0.3 is 93.9 Å². The molecule has 27 heteroatoms. The van der Waals surface area contributed by atoms with Gasteiger partial charge in [-0.1, -0.05) is 40.7 Å². The Hall–Kier alpha value is -6.94. The Balaban J connectivity index is 0.000000477. The first-order valence-corrected chi connectivity index (χ1v) is 26.6. The molecule has 2 amide bonds. The molecule has 8 heterocycles. The van der Waals surface area contributed by atoms with Crippen molar-refractivity contribution in [2.75, 3.05) is 5.73 Å². The van der Waals surface area contributed by atoms with Crippen LogP contribution in [0.15, 0.2) is 61.9 Å². The monoisotopic (exact) mass is 1180 g/mol. The maximum absolute atomic E-state index is 13.3.